The molecule has 0 atom stereocenters. The van der Waals surface area contributed by atoms with Crippen molar-refractivity contribution in [3.63, 3.8) is 0 Å². The lowest BCUT2D eigenvalue weighted by Crippen LogP contribution is -2.36. The van der Waals surface area contributed by atoms with Gasteiger partial charge in [0.15, 0.2) is 0 Å². The molecule has 0 unspecified atom stereocenters. The number of ether oxygens (including phenoxy) is 2. The Hall–Kier alpha value is -2.49. The molecule has 204 valence electrons. The summed E-state index contributed by atoms with van der Waals surface area (Å²) in [5.74, 6) is -2.15. The summed E-state index contributed by atoms with van der Waals surface area (Å²) in [6.07, 6.45) is -8.62. The van der Waals surface area contributed by atoms with Crippen molar-refractivity contribution < 1.29 is 40.6 Å². The molecule has 2 aromatic rings. The summed E-state index contributed by atoms with van der Waals surface area (Å²) in [6, 6.07) is 7.66. The fourth-order valence-electron chi connectivity index (χ4n) is 5.45. The molecule has 1 heterocycles. The smallest absolute Gasteiger partial charge is 0.420 e. The molecular formula is C27H31F6NO3. The van der Waals surface area contributed by atoms with E-state index >= 15 is 0 Å². The van der Waals surface area contributed by atoms with Gasteiger partial charge in [-0.2, -0.15) is 26.3 Å². The molecule has 0 spiro atoms. The molecule has 1 saturated carbocycles. The molecular weight excluding hydrogens is 500 g/mol. The van der Waals surface area contributed by atoms with Crippen molar-refractivity contribution in [2.75, 3.05) is 19.7 Å². The van der Waals surface area contributed by atoms with Crippen molar-refractivity contribution in [2.45, 2.75) is 70.4 Å². The quantitative estimate of drug-likeness (QED) is 0.294. The summed E-state index contributed by atoms with van der Waals surface area (Å²) in [4.78, 5) is 14.1. The van der Waals surface area contributed by atoms with Crippen molar-refractivity contribution in [3.8, 4) is 5.75 Å². The van der Waals surface area contributed by atoms with Gasteiger partial charge in [0.2, 0.25) is 0 Å². The maximum Gasteiger partial charge on any atom is 0.420 e. The van der Waals surface area contributed by atoms with E-state index in [2.05, 4.69) is 4.90 Å². The number of alkyl halides is 6. The first-order valence-corrected chi connectivity index (χ1v) is 12.7. The highest BCUT2D eigenvalue weighted by Crippen LogP contribution is 2.44. The van der Waals surface area contributed by atoms with E-state index in [0.29, 0.717) is 44.5 Å². The molecule has 1 aliphatic carbocycles. The molecule has 4 rings (SSSR count). The third-order valence-electron chi connectivity index (χ3n) is 7.43. The van der Waals surface area contributed by atoms with Crippen LogP contribution in [0.3, 0.4) is 0 Å². The number of carbonyl (C=O) groups excluding carboxylic acids is 1. The molecule has 2 aromatic carbocycles. The van der Waals surface area contributed by atoms with Crippen LogP contribution in [0.5, 0.6) is 5.75 Å². The van der Waals surface area contributed by atoms with Crippen LogP contribution in [0, 0.1) is 11.8 Å². The van der Waals surface area contributed by atoms with Gasteiger partial charge in [-0.1, -0.05) is 24.3 Å². The number of carbonyl (C=O) groups is 1. The van der Waals surface area contributed by atoms with Gasteiger partial charge in [0.05, 0.1) is 24.5 Å². The van der Waals surface area contributed by atoms with E-state index < -0.39 is 29.9 Å². The van der Waals surface area contributed by atoms with E-state index in [-0.39, 0.29) is 48.7 Å². The Morgan fingerprint density at radius 1 is 0.919 bits per heavy atom. The molecule has 0 amide bonds. The minimum Gasteiger partial charge on any atom is -0.490 e. The Morgan fingerprint density at radius 2 is 1.59 bits per heavy atom. The Kier molecular flexibility index (Phi) is 8.26. The van der Waals surface area contributed by atoms with Gasteiger partial charge < -0.3 is 9.47 Å². The molecule has 2 fully saturated rings. The zero-order valence-electron chi connectivity index (χ0n) is 20.6. The summed E-state index contributed by atoms with van der Waals surface area (Å²) in [6.45, 7) is 3.79. The first kappa shape index (κ1) is 27.5. The predicted molar refractivity (Wildman–Crippen MR) is 126 cm³/mol. The average molecular weight is 532 g/mol. The molecule has 2 aliphatic rings. The maximum absolute atomic E-state index is 14.2. The van der Waals surface area contributed by atoms with Gasteiger partial charge in [0, 0.05) is 6.54 Å². The highest BCUT2D eigenvalue weighted by Gasteiger charge is 2.43. The molecule has 1 aliphatic heterocycles. The first-order chi connectivity index (χ1) is 17.5. The monoisotopic (exact) mass is 531 g/mol. The van der Waals surface area contributed by atoms with Crippen LogP contribution in [0.4, 0.5) is 26.3 Å². The summed E-state index contributed by atoms with van der Waals surface area (Å²) < 4.78 is 92.4. The molecule has 0 radical (unpaired) electrons. The number of benzene rings is 2. The van der Waals surface area contributed by atoms with Crippen LogP contribution in [-0.4, -0.2) is 42.8 Å². The SMILES string of the molecule is CCOC(=O)C1CCN(Cc2cccc3c(C(F)(F)F)c(OC4CCC(C(F)(F)F)CC4)ccc23)CC1. The van der Waals surface area contributed by atoms with E-state index in [4.69, 9.17) is 9.47 Å². The average Bonchev–Trinajstić information content (AvgIpc) is 2.83. The zero-order valence-corrected chi connectivity index (χ0v) is 20.6. The lowest BCUT2D eigenvalue weighted by molar-refractivity contribution is -0.185. The normalized spacial score (nSPS) is 22.2. The van der Waals surface area contributed by atoms with Crippen LogP contribution in [0.15, 0.2) is 30.3 Å². The van der Waals surface area contributed by atoms with E-state index in [1.165, 1.54) is 12.1 Å². The Bertz CT molecular complexity index is 1080. The van der Waals surface area contributed by atoms with E-state index in [1.807, 2.05) is 0 Å². The molecule has 1 saturated heterocycles. The number of hydrogen-bond acceptors (Lipinski definition) is 4. The number of likely N-dealkylation sites (tertiary alicyclic amines) is 1. The standard InChI is InChI=1S/C27H31F6NO3/c1-2-36-25(35)17-12-14-34(15-13-17)16-18-4-3-5-22-21(18)10-11-23(24(22)27(31,32)33)37-20-8-6-19(7-9-20)26(28,29)30/h3-5,10-11,17,19-20H,2,6-9,12-16H2,1H3. The van der Waals surface area contributed by atoms with Crippen molar-refractivity contribution >= 4 is 16.7 Å². The van der Waals surface area contributed by atoms with Gasteiger partial charge in [0.1, 0.15) is 11.3 Å². The predicted octanol–water partition coefficient (Wildman–Crippen LogP) is 7.13. The van der Waals surface area contributed by atoms with Crippen LogP contribution >= 0.6 is 0 Å². The second-order valence-corrected chi connectivity index (χ2v) is 9.88. The van der Waals surface area contributed by atoms with Gasteiger partial charge in [-0.25, -0.2) is 0 Å². The van der Waals surface area contributed by atoms with E-state index in [0.717, 1.165) is 5.56 Å². The number of halogens is 6. The van der Waals surface area contributed by atoms with Crippen molar-refractivity contribution in [2.24, 2.45) is 11.8 Å². The Morgan fingerprint density at radius 3 is 2.19 bits per heavy atom. The molecule has 0 bridgehead atoms. The number of nitrogens with zero attached hydrogens (tertiary/aromatic N) is 1. The highest BCUT2D eigenvalue weighted by molar-refractivity contribution is 5.91. The molecule has 0 N–H and O–H groups in total. The second-order valence-electron chi connectivity index (χ2n) is 9.88. The molecule has 4 nitrogen and oxygen atoms in total. The van der Waals surface area contributed by atoms with Gasteiger partial charge in [0.25, 0.3) is 0 Å². The Balaban J connectivity index is 1.52. The summed E-state index contributed by atoms with van der Waals surface area (Å²) in [7, 11) is 0. The van der Waals surface area contributed by atoms with E-state index in [9.17, 15) is 31.1 Å². The van der Waals surface area contributed by atoms with Crippen LogP contribution in [0.25, 0.3) is 10.8 Å². The third-order valence-corrected chi connectivity index (χ3v) is 7.43. The largest absolute Gasteiger partial charge is 0.490 e. The van der Waals surface area contributed by atoms with E-state index in [1.54, 1.807) is 25.1 Å². The lowest BCUT2D eigenvalue weighted by Gasteiger charge is -2.32. The highest BCUT2D eigenvalue weighted by atomic mass is 19.4. The summed E-state index contributed by atoms with van der Waals surface area (Å²) in [5.41, 5.74) is -0.166. The van der Waals surface area contributed by atoms with Crippen LogP contribution < -0.4 is 4.74 Å². The van der Waals surface area contributed by atoms with Crippen molar-refractivity contribution in [1.29, 1.82) is 0 Å². The van der Waals surface area contributed by atoms with Crippen molar-refractivity contribution in [1.82, 2.24) is 4.90 Å². The van der Waals surface area contributed by atoms with Crippen LogP contribution in [0.2, 0.25) is 0 Å². The molecule has 0 aromatic heterocycles. The fraction of sp³-hybridized carbons (Fsp3) is 0.593. The minimum atomic E-state index is -4.70. The lowest BCUT2D eigenvalue weighted by atomic mass is 9.87. The fourth-order valence-corrected chi connectivity index (χ4v) is 5.45. The zero-order chi connectivity index (χ0) is 26.8. The van der Waals surface area contributed by atoms with Gasteiger partial charge in [-0.15, -0.1) is 0 Å². The topological polar surface area (TPSA) is 38.8 Å². The van der Waals surface area contributed by atoms with Gasteiger partial charge in [-0.05, 0) is 80.9 Å². The number of hydrogen-bond donors (Lipinski definition) is 0. The summed E-state index contributed by atoms with van der Waals surface area (Å²) in [5, 5.41) is 0.461. The molecule has 37 heavy (non-hydrogen) atoms. The first-order valence-electron chi connectivity index (χ1n) is 12.7. The third kappa shape index (κ3) is 6.51. The second kappa shape index (κ2) is 11.1. The van der Waals surface area contributed by atoms with Crippen LogP contribution in [0.1, 0.15) is 56.6 Å². The van der Waals surface area contributed by atoms with Crippen LogP contribution in [-0.2, 0) is 22.3 Å². The minimum absolute atomic E-state index is 0.00730. The van der Waals surface area contributed by atoms with Gasteiger partial charge in [-0.3, -0.25) is 9.69 Å². The maximum atomic E-state index is 14.2. The Labute approximate surface area is 211 Å². The summed E-state index contributed by atoms with van der Waals surface area (Å²) >= 11 is 0. The number of esters is 1. The number of rotatable bonds is 6. The van der Waals surface area contributed by atoms with Gasteiger partial charge >= 0.3 is 18.3 Å². The number of piperidine rings is 1. The molecule has 10 heteroatoms. The number of fused-ring (bicyclic) bond motifs is 1. The van der Waals surface area contributed by atoms with Crippen molar-refractivity contribution in [3.05, 3.63) is 41.5 Å².